The number of hydrogen-bond donors (Lipinski definition) is 2. The van der Waals surface area contributed by atoms with Gasteiger partial charge in [-0.05, 0) is 68.0 Å². The molecule has 1 aliphatic rings. The van der Waals surface area contributed by atoms with Crippen LogP contribution < -0.4 is 5.32 Å². The van der Waals surface area contributed by atoms with Gasteiger partial charge in [0.1, 0.15) is 0 Å². The molecule has 154 valence electrons. The summed E-state index contributed by atoms with van der Waals surface area (Å²) in [6.45, 7) is 3.25. The molecule has 2 aromatic carbocycles. The highest BCUT2D eigenvalue weighted by Crippen LogP contribution is 2.32. The predicted octanol–water partition coefficient (Wildman–Crippen LogP) is 4.29. The maximum Gasteiger partial charge on any atom is 0.338 e. The Hall–Kier alpha value is -3.41. The number of anilines is 1. The number of ether oxygens (including phenoxy) is 1. The van der Waals surface area contributed by atoms with E-state index in [9.17, 15) is 14.4 Å². The highest BCUT2D eigenvalue weighted by Gasteiger charge is 2.21. The fourth-order valence-corrected chi connectivity index (χ4v) is 4.02. The standard InChI is InChI=1S/C24H24N2O4/c1-14-7-9-21-18(11-14)19-12-16(8-10-22(19)25-21)24(29)30-13-23(28)26-20-6-4-3-5-17(20)15(2)27/h3-6,8,10,12,14,25H,7,9,11,13H2,1-2H3,(H,26,28). The molecule has 1 aromatic heterocycles. The average Bonchev–Trinajstić information content (AvgIpc) is 3.09. The number of aryl methyl sites for hydroxylation is 1. The number of aromatic nitrogens is 1. The number of ketones is 1. The van der Waals surface area contributed by atoms with E-state index in [1.54, 1.807) is 30.3 Å². The minimum absolute atomic E-state index is 0.152. The van der Waals surface area contributed by atoms with Gasteiger partial charge in [-0.3, -0.25) is 9.59 Å². The van der Waals surface area contributed by atoms with Gasteiger partial charge in [-0.2, -0.15) is 0 Å². The zero-order valence-corrected chi connectivity index (χ0v) is 17.1. The lowest BCUT2D eigenvalue weighted by molar-refractivity contribution is -0.119. The Kier molecular flexibility index (Phi) is 5.40. The molecule has 1 atom stereocenters. The van der Waals surface area contributed by atoms with E-state index in [0.717, 1.165) is 30.2 Å². The van der Waals surface area contributed by atoms with Crippen LogP contribution in [0, 0.1) is 5.92 Å². The molecule has 2 N–H and O–H groups in total. The van der Waals surface area contributed by atoms with Crippen LogP contribution in [0.2, 0.25) is 0 Å². The van der Waals surface area contributed by atoms with Gasteiger partial charge >= 0.3 is 5.97 Å². The van der Waals surface area contributed by atoms with Gasteiger partial charge in [0, 0.05) is 22.2 Å². The number of benzene rings is 2. The second kappa shape index (κ2) is 8.14. The number of fused-ring (bicyclic) bond motifs is 3. The quantitative estimate of drug-likeness (QED) is 0.490. The van der Waals surface area contributed by atoms with Gasteiger partial charge in [0.05, 0.1) is 11.3 Å². The molecule has 0 saturated carbocycles. The monoisotopic (exact) mass is 404 g/mol. The SMILES string of the molecule is CC(=O)c1ccccc1NC(=O)COC(=O)c1ccc2[nH]c3c(c2c1)CC(C)CC3. The number of carbonyl (C=O) groups is 3. The first kappa shape index (κ1) is 19.9. The fourth-order valence-electron chi connectivity index (χ4n) is 4.02. The molecule has 1 heterocycles. The Balaban J connectivity index is 1.44. The van der Waals surface area contributed by atoms with Crippen molar-refractivity contribution in [2.45, 2.75) is 33.1 Å². The second-order valence-corrected chi connectivity index (χ2v) is 7.92. The molecule has 4 rings (SSSR count). The Morgan fingerprint density at radius 1 is 1.17 bits per heavy atom. The van der Waals surface area contributed by atoms with Crippen molar-refractivity contribution in [1.29, 1.82) is 0 Å². The third kappa shape index (κ3) is 3.99. The molecule has 1 unspecified atom stereocenters. The third-order valence-electron chi connectivity index (χ3n) is 5.58. The van der Waals surface area contributed by atoms with Gasteiger partial charge in [0.15, 0.2) is 12.4 Å². The number of para-hydroxylation sites is 1. The van der Waals surface area contributed by atoms with Crippen LogP contribution in [0.5, 0.6) is 0 Å². The van der Waals surface area contributed by atoms with E-state index >= 15 is 0 Å². The molecule has 6 nitrogen and oxygen atoms in total. The molecule has 0 spiro atoms. The van der Waals surface area contributed by atoms with Crippen molar-refractivity contribution >= 4 is 34.3 Å². The summed E-state index contributed by atoms with van der Waals surface area (Å²) >= 11 is 0. The molecule has 30 heavy (non-hydrogen) atoms. The summed E-state index contributed by atoms with van der Waals surface area (Å²) < 4.78 is 5.21. The van der Waals surface area contributed by atoms with Crippen LogP contribution in [0.3, 0.4) is 0 Å². The van der Waals surface area contributed by atoms with Gasteiger partial charge in [0.2, 0.25) is 0 Å². The van der Waals surface area contributed by atoms with Crippen LogP contribution >= 0.6 is 0 Å². The topological polar surface area (TPSA) is 88.3 Å². The molecular formula is C24H24N2O4. The lowest BCUT2D eigenvalue weighted by Crippen LogP contribution is -2.22. The van der Waals surface area contributed by atoms with Crippen molar-refractivity contribution in [3.8, 4) is 0 Å². The number of aromatic amines is 1. The molecule has 6 heteroatoms. The zero-order valence-electron chi connectivity index (χ0n) is 17.1. The van der Waals surface area contributed by atoms with E-state index in [1.165, 1.54) is 18.2 Å². The normalized spacial score (nSPS) is 15.5. The van der Waals surface area contributed by atoms with E-state index in [0.29, 0.717) is 22.7 Å². The largest absolute Gasteiger partial charge is 0.452 e. The highest BCUT2D eigenvalue weighted by atomic mass is 16.5. The molecule has 0 aliphatic heterocycles. The van der Waals surface area contributed by atoms with Crippen molar-refractivity contribution in [3.05, 3.63) is 64.8 Å². The summed E-state index contributed by atoms with van der Waals surface area (Å²) in [5, 5.41) is 3.68. The summed E-state index contributed by atoms with van der Waals surface area (Å²) in [5.74, 6) is -0.578. The number of Topliss-reactive ketones (excluding diaryl/α,β-unsaturated/α-hetero) is 1. The first-order valence-electron chi connectivity index (χ1n) is 10.1. The summed E-state index contributed by atoms with van der Waals surface area (Å²) in [6, 6.07) is 12.2. The summed E-state index contributed by atoms with van der Waals surface area (Å²) in [6.07, 6.45) is 3.18. The van der Waals surface area contributed by atoms with Gasteiger partial charge in [-0.25, -0.2) is 4.79 Å². The number of rotatable bonds is 5. The second-order valence-electron chi connectivity index (χ2n) is 7.92. The zero-order chi connectivity index (χ0) is 21.3. The van der Waals surface area contributed by atoms with E-state index in [1.807, 2.05) is 12.1 Å². The Labute approximate surface area is 174 Å². The maximum absolute atomic E-state index is 12.5. The smallest absolute Gasteiger partial charge is 0.338 e. The van der Waals surface area contributed by atoms with Crippen LogP contribution in [-0.4, -0.2) is 29.3 Å². The van der Waals surface area contributed by atoms with E-state index < -0.39 is 18.5 Å². The molecular weight excluding hydrogens is 380 g/mol. The minimum Gasteiger partial charge on any atom is -0.452 e. The van der Waals surface area contributed by atoms with Crippen molar-refractivity contribution < 1.29 is 19.1 Å². The van der Waals surface area contributed by atoms with Crippen molar-refractivity contribution in [2.24, 2.45) is 5.92 Å². The average molecular weight is 404 g/mol. The molecule has 0 fully saturated rings. The van der Waals surface area contributed by atoms with Gasteiger partial charge in [-0.15, -0.1) is 0 Å². The Morgan fingerprint density at radius 2 is 1.97 bits per heavy atom. The number of nitrogens with one attached hydrogen (secondary N) is 2. The Bertz CT molecular complexity index is 1150. The van der Waals surface area contributed by atoms with E-state index in [2.05, 4.69) is 17.2 Å². The molecule has 1 amide bonds. The van der Waals surface area contributed by atoms with E-state index in [-0.39, 0.29) is 5.78 Å². The summed E-state index contributed by atoms with van der Waals surface area (Å²) in [5.41, 5.74) is 4.77. The van der Waals surface area contributed by atoms with Crippen molar-refractivity contribution in [1.82, 2.24) is 4.98 Å². The van der Waals surface area contributed by atoms with Crippen LogP contribution in [0.4, 0.5) is 5.69 Å². The first-order valence-corrected chi connectivity index (χ1v) is 10.1. The number of hydrogen-bond acceptors (Lipinski definition) is 4. The lowest BCUT2D eigenvalue weighted by Gasteiger charge is -2.18. The first-order chi connectivity index (χ1) is 14.4. The summed E-state index contributed by atoms with van der Waals surface area (Å²) in [7, 11) is 0. The number of amides is 1. The van der Waals surface area contributed by atoms with Gasteiger partial charge in [-0.1, -0.05) is 19.1 Å². The van der Waals surface area contributed by atoms with Crippen LogP contribution in [0.1, 0.15) is 52.2 Å². The summed E-state index contributed by atoms with van der Waals surface area (Å²) in [4.78, 5) is 39.8. The maximum atomic E-state index is 12.5. The molecule has 3 aromatic rings. The molecule has 0 bridgehead atoms. The molecule has 0 saturated heterocycles. The predicted molar refractivity (Wildman–Crippen MR) is 115 cm³/mol. The van der Waals surface area contributed by atoms with Crippen molar-refractivity contribution in [2.75, 3.05) is 11.9 Å². The molecule has 0 radical (unpaired) electrons. The number of carbonyl (C=O) groups excluding carboxylic acids is 3. The van der Waals surface area contributed by atoms with E-state index in [4.69, 9.17) is 4.74 Å². The number of esters is 1. The van der Waals surface area contributed by atoms with Crippen LogP contribution in [-0.2, 0) is 22.4 Å². The van der Waals surface area contributed by atoms with Crippen LogP contribution in [0.15, 0.2) is 42.5 Å². The number of H-pyrrole nitrogens is 1. The van der Waals surface area contributed by atoms with Crippen molar-refractivity contribution in [3.63, 3.8) is 0 Å². The fraction of sp³-hybridized carbons (Fsp3) is 0.292. The van der Waals surface area contributed by atoms with Crippen LogP contribution in [0.25, 0.3) is 10.9 Å². The van der Waals surface area contributed by atoms with Gasteiger partial charge in [0.25, 0.3) is 5.91 Å². The lowest BCUT2D eigenvalue weighted by atomic mass is 9.87. The Morgan fingerprint density at radius 3 is 2.77 bits per heavy atom. The van der Waals surface area contributed by atoms with Gasteiger partial charge < -0.3 is 15.0 Å². The molecule has 1 aliphatic carbocycles. The highest BCUT2D eigenvalue weighted by molar-refractivity contribution is 6.04. The third-order valence-corrected chi connectivity index (χ3v) is 5.58. The minimum atomic E-state index is -0.550.